The zero-order chi connectivity index (χ0) is 12.7. The number of carbonyl (C=O) groups excluding carboxylic acids is 1. The molecule has 0 fully saturated rings. The summed E-state index contributed by atoms with van der Waals surface area (Å²) in [6.45, 7) is 6.05. The smallest absolute Gasteiger partial charge is 0.258 e. The fourth-order valence-electron chi connectivity index (χ4n) is 2.75. The number of nitrogens with one attached hydrogen (secondary N) is 2. The first-order chi connectivity index (χ1) is 7.89. The van der Waals surface area contributed by atoms with Gasteiger partial charge in [0.2, 0.25) is 0 Å². The van der Waals surface area contributed by atoms with Gasteiger partial charge in [0.25, 0.3) is 5.91 Å². The standard InChI is InChI=1S/C13H19N3O/c1-12(2)8-9-6-4-5-7-10(9)13(3,16-12)11(17)15-14/h4-7,16H,8,14H2,1-3H3,(H,15,17). The highest BCUT2D eigenvalue weighted by atomic mass is 16.2. The molecule has 1 aliphatic rings. The van der Waals surface area contributed by atoms with Crippen LogP contribution in [0.2, 0.25) is 0 Å². The Morgan fingerprint density at radius 3 is 2.65 bits per heavy atom. The van der Waals surface area contributed by atoms with Gasteiger partial charge in [0.1, 0.15) is 5.54 Å². The molecule has 0 radical (unpaired) electrons. The van der Waals surface area contributed by atoms with Crippen molar-refractivity contribution in [2.24, 2.45) is 5.84 Å². The minimum Gasteiger partial charge on any atom is -0.294 e. The van der Waals surface area contributed by atoms with E-state index in [1.807, 2.05) is 25.1 Å². The zero-order valence-corrected chi connectivity index (χ0v) is 10.5. The summed E-state index contributed by atoms with van der Waals surface area (Å²) in [6, 6.07) is 7.99. The molecule has 92 valence electrons. The Morgan fingerprint density at radius 1 is 1.35 bits per heavy atom. The van der Waals surface area contributed by atoms with E-state index >= 15 is 0 Å². The SMILES string of the molecule is CC1(C)Cc2ccccc2C(C)(C(=O)NN)N1. The quantitative estimate of drug-likeness (QED) is 0.382. The Labute approximate surface area is 102 Å². The van der Waals surface area contributed by atoms with Crippen LogP contribution in [0.25, 0.3) is 0 Å². The molecule has 4 nitrogen and oxygen atoms in total. The van der Waals surface area contributed by atoms with Crippen molar-refractivity contribution in [3.8, 4) is 0 Å². The lowest BCUT2D eigenvalue weighted by Crippen LogP contribution is -2.63. The first kappa shape index (κ1) is 12.1. The van der Waals surface area contributed by atoms with Gasteiger partial charge in [-0.25, -0.2) is 5.84 Å². The molecule has 17 heavy (non-hydrogen) atoms. The van der Waals surface area contributed by atoms with Gasteiger partial charge in [-0.3, -0.25) is 15.5 Å². The number of hydrogen-bond donors (Lipinski definition) is 3. The van der Waals surface area contributed by atoms with Crippen LogP contribution in [0.5, 0.6) is 0 Å². The fourth-order valence-corrected chi connectivity index (χ4v) is 2.75. The Balaban J connectivity index is 2.57. The lowest BCUT2D eigenvalue weighted by molar-refractivity contribution is -0.128. The van der Waals surface area contributed by atoms with Gasteiger partial charge in [0, 0.05) is 5.54 Å². The third kappa shape index (κ3) is 1.94. The second-order valence-corrected chi connectivity index (χ2v) is 5.44. The predicted molar refractivity (Wildman–Crippen MR) is 67.0 cm³/mol. The number of carbonyl (C=O) groups is 1. The van der Waals surface area contributed by atoms with Gasteiger partial charge >= 0.3 is 0 Å². The van der Waals surface area contributed by atoms with E-state index < -0.39 is 5.54 Å². The summed E-state index contributed by atoms with van der Waals surface area (Å²) >= 11 is 0. The van der Waals surface area contributed by atoms with E-state index in [0.717, 1.165) is 12.0 Å². The molecule has 2 rings (SSSR count). The van der Waals surface area contributed by atoms with E-state index in [1.165, 1.54) is 5.56 Å². The molecule has 1 heterocycles. The van der Waals surface area contributed by atoms with E-state index in [2.05, 4.69) is 30.7 Å². The van der Waals surface area contributed by atoms with E-state index in [-0.39, 0.29) is 11.4 Å². The van der Waals surface area contributed by atoms with Gasteiger partial charge in [0.05, 0.1) is 0 Å². The molecule has 4 heteroatoms. The lowest BCUT2D eigenvalue weighted by Gasteiger charge is -2.44. The van der Waals surface area contributed by atoms with Crippen LogP contribution < -0.4 is 16.6 Å². The maximum absolute atomic E-state index is 12.0. The van der Waals surface area contributed by atoms with Gasteiger partial charge in [0.15, 0.2) is 0 Å². The predicted octanol–water partition coefficient (Wildman–Crippen LogP) is 0.816. The maximum Gasteiger partial charge on any atom is 0.258 e. The summed E-state index contributed by atoms with van der Waals surface area (Å²) in [5.41, 5.74) is 3.55. The second kappa shape index (κ2) is 3.82. The first-order valence-electron chi connectivity index (χ1n) is 5.78. The van der Waals surface area contributed by atoms with Crippen LogP contribution in [0.15, 0.2) is 24.3 Å². The van der Waals surface area contributed by atoms with Crippen LogP contribution in [0.1, 0.15) is 31.9 Å². The van der Waals surface area contributed by atoms with Crippen molar-refractivity contribution < 1.29 is 4.79 Å². The molecule has 0 spiro atoms. The number of hydrazine groups is 1. The largest absolute Gasteiger partial charge is 0.294 e. The minimum atomic E-state index is -0.771. The van der Waals surface area contributed by atoms with Crippen molar-refractivity contribution in [2.45, 2.75) is 38.3 Å². The number of benzene rings is 1. The molecule has 1 aromatic rings. The monoisotopic (exact) mass is 233 g/mol. The molecular weight excluding hydrogens is 214 g/mol. The summed E-state index contributed by atoms with van der Waals surface area (Å²) in [6.07, 6.45) is 0.899. The van der Waals surface area contributed by atoms with Gasteiger partial charge in [-0.15, -0.1) is 0 Å². The molecule has 1 atom stereocenters. The maximum atomic E-state index is 12.0. The Kier molecular flexibility index (Phi) is 2.72. The molecule has 0 saturated carbocycles. The number of rotatable bonds is 1. The van der Waals surface area contributed by atoms with Gasteiger partial charge in [-0.2, -0.15) is 0 Å². The number of nitrogens with two attached hydrogens (primary N) is 1. The van der Waals surface area contributed by atoms with E-state index in [1.54, 1.807) is 0 Å². The van der Waals surface area contributed by atoms with Crippen molar-refractivity contribution in [2.75, 3.05) is 0 Å². The van der Waals surface area contributed by atoms with E-state index in [4.69, 9.17) is 5.84 Å². The van der Waals surface area contributed by atoms with Crippen molar-refractivity contribution in [3.05, 3.63) is 35.4 Å². The highest BCUT2D eigenvalue weighted by Crippen LogP contribution is 2.34. The number of fused-ring (bicyclic) bond motifs is 1. The summed E-state index contributed by atoms with van der Waals surface area (Å²) in [7, 11) is 0. The number of amides is 1. The molecule has 1 unspecified atom stereocenters. The summed E-state index contributed by atoms with van der Waals surface area (Å²) in [5.74, 6) is 5.08. The second-order valence-electron chi connectivity index (χ2n) is 5.44. The van der Waals surface area contributed by atoms with Crippen LogP contribution in [0.4, 0.5) is 0 Å². The Bertz CT molecular complexity index is 456. The van der Waals surface area contributed by atoms with Crippen LogP contribution in [0, 0.1) is 0 Å². The molecule has 0 aliphatic carbocycles. The minimum absolute atomic E-state index is 0.129. The van der Waals surface area contributed by atoms with Crippen LogP contribution in [-0.4, -0.2) is 11.4 Å². The van der Waals surface area contributed by atoms with Crippen LogP contribution >= 0.6 is 0 Å². The topological polar surface area (TPSA) is 67.2 Å². The third-order valence-electron chi connectivity index (χ3n) is 3.36. The average Bonchev–Trinajstić information content (AvgIpc) is 2.26. The molecule has 1 aliphatic heterocycles. The fraction of sp³-hybridized carbons (Fsp3) is 0.462. The molecule has 0 aromatic heterocycles. The van der Waals surface area contributed by atoms with E-state index in [9.17, 15) is 4.79 Å². The van der Waals surface area contributed by atoms with Crippen molar-refractivity contribution >= 4 is 5.91 Å². The molecule has 0 saturated heterocycles. The van der Waals surface area contributed by atoms with Crippen molar-refractivity contribution in [1.82, 2.24) is 10.7 Å². The Hall–Kier alpha value is -1.39. The van der Waals surface area contributed by atoms with Gasteiger partial charge in [-0.05, 0) is 38.3 Å². The van der Waals surface area contributed by atoms with Crippen molar-refractivity contribution in [3.63, 3.8) is 0 Å². The zero-order valence-electron chi connectivity index (χ0n) is 10.5. The van der Waals surface area contributed by atoms with Crippen LogP contribution in [0.3, 0.4) is 0 Å². The molecule has 1 amide bonds. The molecular formula is C13H19N3O. The normalized spacial score (nSPS) is 26.1. The highest BCUT2D eigenvalue weighted by molar-refractivity contribution is 5.87. The molecule has 1 aromatic carbocycles. The first-order valence-corrected chi connectivity index (χ1v) is 5.78. The van der Waals surface area contributed by atoms with Crippen molar-refractivity contribution in [1.29, 1.82) is 0 Å². The molecule has 0 bridgehead atoms. The lowest BCUT2D eigenvalue weighted by atomic mass is 9.76. The highest BCUT2D eigenvalue weighted by Gasteiger charge is 2.44. The number of hydrogen-bond acceptors (Lipinski definition) is 3. The summed E-state index contributed by atoms with van der Waals surface area (Å²) in [5, 5.41) is 3.38. The van der Waals surface area contributed by atoms with E-state index in [0.29, 0.717) is 0 Å². The molecule has 4 N–H and O–H groups in total. The third-order valence-corrected chi connectivity index (χ3v) is 3.36. The Morgan fingerprint density at radius 2 is 2.00 bits per heavy atom. The summed E-state index contributed by atoms with van der Waals surface area (Å²) in [4.78, 5) is 12.0. The summed E-state index contributed by atoms with van der Waals surface area (Å²) < 4.78 is 0. The average molecular weight is 233 g/mol. The van der Waals surface area contributed by atoms with Crippen LogP contribution in [-0.2, 0) is 16.8 Å². The van der Waals surface area contributed by atoms with Gasteiger partial charge < -0.3 is 0 Å². The van der Waals surface area contributed by atoms with Gasteiger partial charge in [-0.1, -0.05) is 24.3 Å².